The smallest absolute Gasteiger partial charge is 0.235 e. The molecular weight excluding hydrogens is 146 g/mol. The number of halogens is 1. The largest absolute Gasteiger partial charge is 0.357 e. The van der Waals surface area contributed by atoms with Crippen LogP contribution in [0.3, 0.4) is 0 Å². The molecule has 1 N–H and O–H groups in total. The molecule has 5 heteroatoms. The highest BCUT2D eigenvalue weighted by Crippen LogP contribution is 2.12. The van der Waals surface area contributed by atoms with Crippen LogP contribution in [0.5, 0.6) is 0 Å². The lowest BCUT2D eigenvalue weighted by Gasteiger charge is -1.82. The van der Waals surface area contributed by atoms with E-state index in [-0.39, 0.29) is 0 Å². The van der Waals surface area contributed by atoms with Gasteiger partial charge in [0.2, 0.25) is 10.4 Å². The Morgan fingerprint density at radius 3 is 2.75 bits per heavy atom. The van der Waals surface area contributed by atoms with Gasteiger partial charge in [-0.3, -0.25) is 0 Å². The van der Waals surface area contributed by atoms with E-state index in [0.717, 1.165) is 0 Å². The number of hydrogen-bond acceptors (Lipinski definition) is 4. The minimum atomic E-state index is 0.467. The standard InChI is InChI=1S/C3H4ClN3S/c1-5-3-6-2(4)8-7-3/h1H3,(H,5,7). The average molecular weight is 150 g/mol. The molecule has 0 atom stereocenters. The maximum Gasteiger partial charge on any atom is 0.235 e. The van der Waals surface area contributed by atoms with Crippen molar-refractivity contribution < 1.29 is 0 Å². The Morgan fingerprint density at radius 2 is 2.50 bits per heavy atom. The molecule has 0 spiro atoms. The first-order valence-corrected chi connectivity index (χ1v) is 3.15. The zero-order valence-corrected chi connectivity index (χ0v) is 5.75. The van der Waals surface area contributed by atoms with E-state index in [4.69, 9.17) is 11.6 Å². The third-order valence-corrected chi connectivity index (χ3v) is 1.42. The fourth-order valence-electron chi connectivity index (χ4n) is 0.307. The summed E-state index contributed by atoms with van der Waals surface area (Å²) >= 11 is 6.61. The number of rotatable bonds is 1. The summed E-state index contributed by atoms with van der Waals surface area (Å²) in [6.45, 7) is 0. The van der Waals surface area contributed by atoms with Crippen LogP contribution in [-0.4, -0.2) is 16.4 Å². The molecule has 44 valence electrons. The van der Waals surface area contributed by atoms with Crippen LogP contribution in [0.1, 0.15) is 0 Å². The maximum atomic E-state index is 5.44. The monoisotopic (exact) mass is 149 g/mol. The molecule has 1 aromatic rings. The van der Waals surface area contributed by atoms with Crippen LogP contribution >= 0.6 is 23.1 Å². The first-order valence-electron chi connectivity index (χ1n) is 2.00. The molecule has 0 saturated heterocycles. The molecule has 3 nitrogen and oxygen atoms in total. The Morgan fingerprint density at radius 1 is 1.75 bits per heavy atom. The van der Waals surface area contributed by atoms with Gasteiger partial charge >= 0.3 is 0 Å². The number of nitrogens with one attached hydrogen (secondary N) is 1. The number of hydrogen-bond donors (Lipinski definition) is 1. The highest BCUT2D eigenvalue weighted by molar-refractivity contribution is 7.10. The van der Waals surface area contributed by atoms with E-state index in [1.165, 1.54) is 11.5 Å². The molecule has 1 rings (SSSR count). The molecule has 0 radical (unpaired) electrons. The lowest BCUT2D eigenvalue weighted by Crippen LogP contribution is -1.87. The van der Waals surface area contributed by atoms with E-state index >= 15 is 0 Å². The second kappa shape index (κ2) is 2.28. The topological polar surface area (TPSA) is 37.8 Å². The van der Waals surface area contributed by atoms with Gasteiger partial charge in [0.1, 0.15) is 0 Å². The summed E-state index contributed by atoms with van der Waals surface area (Å²) in [6, 6.07) is 0. The number of aromatic nitrogens is 2. The van der Waals surface area contributed by atoms with Crippen LogP contribution < -0.4 is 5.32 Å². The van der Waals surface area contributed by atoms with E-state index in [9.17, 15) is 0 Å². The van der Waals surface area contributed by atoms with Gasteiger partial charge in [0.05, 0.1) is 0 Å². The van der Waals surface area contributed by atoms with Crippen LogP contribution in [0.4, 0.5) is 5.95 Å². The second-order valence-corrected chi connectivity index (χ2v) is 2.45. The van der Waals surface area contributed by atoms with Gasteiger partial charge in [0.25, 0.3) is 0 Å². The van der Waals surface area contributed by atoms with E-state index in [0.29, 0.717) is 10.4 Å². The molecule has 0 bridgehead atoms. The minimum absolute atomic E-state index is 0.467. The second-order valence-electron chi connectivity index (χ2n) is 1.12. The van der Waals surface area contributed by atoms with Crippen molar-refractivity contribution in [2.45, 2.75) is 0 Å². The Balaban J connectivity index is 2.84. The molecule has 0 amide bonds. The summed E-state index contributed by atoms with van der Waals surface area (Å²) in [7, 11) is 1.75. The Kier molecular flexibility index (Phi) is 1.65. The molecule has 0 unspecified atom stereocenters. The van der Waals surface area contributed by atoms with Crippen molar-refractivity contribution in [1.29, 1.82) is 0 Å². The van der Waals surface area contributed by atoms with Gasteiger partial charge in [-0.15, -0.1) is 0 Å². The summed E-state index contributed by atoms with van der Waals surface area (Å²) in [5.41, 5.74) is 0. The lowest BCUT2D eigenvalue weighted by atomic mass is 11.0. The van der Waals surface area contributed by atoms with E-state index < -0.39 is 0 Å². The quantitative estimate of drug-likeness (QED) is 0.653. The zero-order valence-electron chi connectivity index (χ0n) is 4.18. The fourth-order valence-corrected chi connectivity index (χ4v) is 0.911. The highest BCUT2D eigenvalue weighted by atomic mass is 35.5. The molecule has 0 saturated carbocycles. The lowest BCUT2D eigenvalue weighted by molar-refractivity contribution is 1.28. The molecule has 0 fully saturated rings. The predicted molar refractivity (Wildman–Crippen MR) is 34.5 cm³/mol. The van der Waals surface area contributed by atoms with Crippen molar-refractivity contribution in [3.8, 4) is 0 Å². The third-order valence-electron chi connectivity index (χ3n) is 0.625. The van der Waals surface area contributed by atoms with Crippen LogP contribution in [0.25, 0.3) is 0 Å². The third kappa shape index (κ3) is 1.08. The minimum Gasteiger partial charge on any atom is -0.357 e. The van der Waals surface area contributed by atoms with Crippen molar-refractivity contribution in [3.63, 3.8) is 0 Å². The Labute approximate surface area is 55.9 Å². The summed E-state index contributed by atoms with van der Waals surface area (Å²) in [4.78, 5) is 3.79. The maximum absolute atomic E-state index is 5.44. The first-order chi connectivity index (χ1) is 3.83. The van der Waals surface area contributed by atoms with Crippen molar-refractivity contribution in [1.82, 2.24) is 9.36 Å². The average Bonchev–Trinajstić information content (AvgIpc) is 2.14. The number of nitrogens with zero attached hydrogens (tertiary/aromatic N) is 2. The SMILES string of the molecule is CNc1nsc(Cl)n1. The summed E-state index contributed by atoms with van der Waals surface area (Å²) in [5, 5.41) is 2.75. The van der Waals surface area contributed by atoms with Gasteiger partial charge in [0, 0.05) is 18.6 Å². The van der Waals surface area contributed by atoms with Crippen molar-refractivity contribution in [2.75, 3.05) is 12.4 Å². The molecule has 0 aliphatic heterocycles. The van der Waals surface area contributed by atoms with Crippen molar-refractivity contribution >= 4 is 29.1 Å². The molecular formula is C3H4ClN3S. The molecule has 1 heterocycles. The van der Waals surface area contributed by atoms with Crippen molar-refractivity contribution in [2.24, 2.45) is 0 Å². The van der Waals surface area contributed by atoms with Crippen molar-refractivity contribution in [3.05, 3.63) is 4.47 Å². The van der Waals surface area contributed by atoms with E-state index in [2.05, 4.69) is 14.7 Å². The van der Waals surface area contributed by atoms with Crippen LogP contribution in [-0.2, 0) is 0 Å². The Hall–Kier alpha value is -0.350. The summed E-state index contributed by atoms with van der Waals surface area (Å²) in [6.07, 6.45) is 0. The molecule has 1 aromatic heterocycles. The highest BCUT2D eigenvalue weighted by Gasteiger charge is 1.94. The van der Waals surface area contributed by atoms with Gasteiger partial charge in [0.15, 0.2) is 0 Å². The zero-order chi connectivity index (χ0) is 5.98. The van der Waals surface area contributed by atoms with Gasteiger partial charge in [-0.2, -0.15) is 9.36 Å². The number of anilines is 1. The van der Waals surface area contributed by atoms with Gasteiger partial charge in [-0.05, 0) is 11.6 Å². The first kappa shape index (κ1) is 5.78. The molecule has 0 aliphatic rings. The fraction of sp³-hybridized carbons (Fsp3) is 0.333. The van der Waals surface area contributed by atoms with Gasteiger partial charge < -0.3 is 5.32 Å². The van der Waals surface area contributed by atoms with Crippen LogP contribution in [0.15, 0.2) is 0 Å². The normalized spacial score (nSPS) is 9.25. The van der Waals surface area contributed by atoms with Crippen LogP contribution in [0, 0.1) is 0 Å². The summed E-state index contributed by atoms with van der Waals surface area (Å²) < 4.78 is 4.29. The molecule has 0 aromatic carbocycles. The summed E-state index contributed by atoms with van der Waals surface area (Å²) in [5.74, 6) is 0.583. The van der Waals surface area contributed by atoms with Crippen LogP contribution in [0.2, 0.25) is 4.47 Å². The van der Waals surface area contributed by atoms with Gasteiger partial charge in [-0.1, -0.05) is 0 Å². The van der Waals surface area contributed by atoms with E-state index in [1.54, 1.807) is 7.05 Å². The van der Waals surface area contributed by atoms with Gasteiger partial charge in [-0.25, -0.2) is 0 Å². The Bertz CT molecular complexity index is 175. The molecule has 8 heavy (non-hydrogen) atoms. The van der Waals surface area contributed by atoms with E-state index in [1.807, 2.05) is 0 Å². The predicted octanol–water partition coefficient (Wildman–Crippen LogP) is 1.23. The molecule has 0 aliphatic carbocycles.